The van der Waals surface area contributed by atoms with Crippen LogP contribution in [0.1, 0.15) is 36.0 Å². The van der Waals surface area contributed by atoms with E-state index in [0.717, 1.165) is 25.7 Å². The van der Waals surface area contributed by atoms with Gasteiger partial charge in [-0.05, 0) is 31.0 Å². The zero-order valence-corrected chi connectivity index (χ0v) is 10.3. The van der Waals surface area contributed by atoms with Crippen molar-refractivity contribution in [3.05, 3.63) is 23.8 Å². The molecule has 4 N–H and O–H groups in total. The molecule has 0 spiro atoms. The Labute approximate surface area is 110 Å². The molecule has 0 atom stereocenters. The van der Waals surface area contributed by atoms with Gasteiger partial charge in [0.2, 0.25) is 0 Å². The Bertz CT molecular complexity index is 495. The number of rotatable bonds is 3. The SMILES string of the molecule is O=C(Nc1ccc(O)c(C(=O)O)c1)NC1CCCC1. The van der Waals surface area contributed by atoms with Crippen LogP contribution in [0, 0.1) is 0 Å². The molecule has 0 radical (unpaired) electrons. The van der Waals surface area contributed by atoms with Crippen LogP contribution < -0.4 is 10.6 Å². The molecule has 1 aliphatic rings. The molecule has 6 heteroatoms. The Morgan fingerprint density at radius 2 is 1.89 bits per heavy atom. The van der Waals surface area contributed by atoms with Crippen molar-refractivity contribution in [2.24, 2.45) is 0 Å². The summed E-state index contributed by atoms with van der Waals surface area (Å²) in [6.07, 6.45) is 4.19. The summed E-state index contributed by atoms with van der Waals surface area (Å²) in [4.78, 5) is 22.6. The van der Waals surface area contributed by atoms with Gasteiger partial charge in [0.1, 0.15) is 11.3 Å². The first kappa shape index (κ1) is 13.2. The summed E-state index contributed by atoms with van der Waals surface area (Å²) in [6.45, 7) is 0. The minimum atomic E-state index is -1.24. The molecule has 19 heavy (non-hydrogen) atoms. The lowest BCUT2D eigenvalue weighted by Gasteiger charge is -2.13. The van der Waals surface area contributed by atoms with Crippen molar-refractivity contribution in [2.45, 2.75) is 31.7 Å². The van der Waals surface area contributed by atoms with E-state index in [0.29, 0.717) is 5.69 Å². The maximum atomic E-state index is 11.7. The number of hydrogen-bond acceptors (Lipinski definition) is 3. The van der Waals surface area contributed by atoms with Gasteiger partial charge in [0.25, 0.3) is 0 Å². The van der Waals surface area contributed by atoms with E-state index in [1.807, 2.05) is 0 Å². The van der Waals surface area contributed by atoms with E-state index < -0.39 is 5.97 Å². The molecule has 102 valence electrons. The Balaban J connectivity index is 2.00. The van der Waals surface area contributed by atoms with Crippen LogP contribution >= 0.6 is 0 Å². The third-order valence-corrected chi connectivity index (χ3v) is 3.18. The van der Waals surface area contributed by atoms with Gasteiger partial charge in [-0.3, -0.25) is 0 Å². The summed E-state index contributed by atoms with van der Waals surface area (Å²) in [7, 11) is 0. The number of aromatic hydroxyl groups is 1. The van der Waals surface area contributed by atoms with Gasteiger partial charge in [-0.2, -0.15) is 0 Å². The zero-order valence-electron chi connectivity index (χ0n) is 10.3. The second-order valence-electron chi connectivity index (χ2n) is 4.62. The topological polar surface area (TPSA) is 98.7 Å². The van der Waals surface area contributed by atoms with Gasteiger partial charge in [-0.25, -0.2) is 9.59 Å². The van der Waals surface area contributed by atoms with Gasteiger partial charge in [0.15, 0.2) is 0 Å². The summed E-state index contributed by atoms with van der Waals surface area (Å²) in [5.41, 5.74) is 0.101. The maximum Gasteiger partial charge on any atom is 0.339 e. The van der Waals surface area contributed by atoms with Crippen molar-refractivity contribution in [1.82, 2.24) is 5.32 Å². The summed E-state index contributed by atoms with van der Waals surface area (Å²) >= 11 is 0. The molecule has 2 rings (SSSR count). The fraction of sp³-hybridized carbons (Fsp3) is 0.385. The molecule has 0 saturated heterocycles. The molecule has 1 aliphatic carbocycles. The first-order chi connectivity index (χ1) is 9.06. The molecule has 0 heterocycles. The Morgan fingerprint density at radius 1 is 1.21 bits per heavy atom. The first-order valence-electron chi connectivity index (χ1n) is 6.20. The van der Waals surface area contributed by atoms with Crippen LogP contribution in [-0.4, -0.2) is 28.3 Å². The quantitative estimate of drug-likeness (QED) is 0.629. The van der Waals surface area contributed by atoms with Crippen LogP contribution in [0.25, 0.3) is 0 Å². The van der Waals surface area contributed by atoms with E-state index >= 15 is 0 Å². The standard InChI is InChI=1S/C13H16N2O4/c16-11-6-5-9(7-10(11)12(17)18)15-13(19)14-8-3-1-2-4-8/h5-8,16H,1-4H2,(H,17,18)(H2,14,15,19). The Kier molecular flexibility index (Phi) is 3.89. The number of anilines is 1. The molecule has 2 amide bonds. The van der Waals surface area contributed by atoms with Crippen LogP contribution in [0.4, 0.5) is 10.5 Å². The zero-order chi connectivity index (χ0) is 13.8. The van der Waals surface area contributed by atoms with Gasteiger partial charge < -0.3 is 20.8 Å². The molecule has 6 nitrogen and oxygen atoms in total. The lowest BCUT2D eigenvalue weighted by Crippen LogP contribution is -2.36. The highest BCUT2D eigenvalue weighted by Crippen LogP contribution is 2.22. The molecular weight excluding hydrogens is 248 g/mol. The molecule has 1 fully saturated rings. The monoisotopic (exact) mass is 264 g/mol. The summed E-state index contributed by atoms with van der Waals surface area (Å²) < 4.78 is 0. The van der Waals surface area contributed by atoms with E-state index in [1.165, 1.54) is 18.2 Å². The Hall–Kier alpha value is -2.24. The Morgan fingerprint density at radius 3 is 2.53 bits per heavy atom. The molecule has 0 aliphatic heterocycles. The molecule has 1 aromatic rings. The summed E-state index contributed by atoms with van der Waals surface area (Å²) in [5.74, 6) is -1.56. The van der Waals surface area contributed by atoms with Crippen molar-refractivity contribution >= 4 is 17.7 Å². The normalized spacial score (nSPS) is 15.2. The van der Waals surface area contributed by atoms with Crippen LogP contribution in [0.3, 0.4) is 0 Å². The van der Waals surface area contributed by atoms with Crippen molar-refractivity contribution in [3.8, 4) is 5.75 Å². The van der Waals surface area contributed by atoms with Gasteiger partial charge in [-0.1, -0.05) is 12.8 Å². The van der Waals surface area contributed by atoms with E-state index in [4.69, 9.17) is 5.11 Å². The first-order valence-corrected chi connectivity index (χ1v) is 6.20. The molecular formula is C13H16N2O4. The van der Waals surface area contributed by atoms with Crippen molar-refractivity contribution < 1.29 is 19.8 Å². The van der Waals surface area contributed by atoms with Crippen LogP contribution in [0.15, 0.2) is 18.2 Å². The highest BCUT2D eigenvalue weighted by atomic mass is 16.4. The van der Waals surface area contributed by atoms with Crippen molar-refractivity contribution in [3.63, 3.8) is 0 Å². The molecule has 0 bridgehead atoms. The number of nitrogens with one attached hydrogen (secondary N) is 2. The molecule has 1 aromatic carbocycles. The van der Waals surface area contributed by atoms with E-state index in [1.54, 1.807) is 0 Å². The minimum absolute atomic E-state index is 0.191. The summed E-state index contributed by atoms with van der Waals surface area (Å²) in [6, 6.07) is 3.77. The lowest BCUT2D eigenvalue weighted by molar-refractivity contribution is 0.0693. The third-order valence-electron chi connectivity index (χ3n) is 3.18. The maximum absolute atomic E-state index is 11.7. The van der Waals surface area contributed by atoms with Gasteiger partial charge in [0.05, 0.1) is 0 Å². The molecule has 1 saturated carbocycles. The van der Waals surface area contributed by atoms with E-state index in [-0.39, 0.29) is 23.4 Å². The fourth-order valence-electron chi connectivity index (χ4n) is 2.21. The van der Waals surface area contributed by atoms with Crippen LogP contribution in [-0.2, 0) is 0 Å². The number of carboxylic acids is 1. The van der Waals surface area contributed by atoms with Crippen molar-refractivity contribution in [2.75, 3.05) is 5.32 Å². The molecule has 0 aromatic heterocycles. The number of carbonyl (C=O) groups is 2. The number of hydrogen-bond donors (Lipinski definition) is 4. The van der Waals surface area contributed by atoms with Gasteiger partial charge >= 0.3 is 12.0 Å². The average Bonchev–Trinajstić information content (AvgIpc) is 2.84. The van der Waals surface area contributed by atoms with E-state index in [2.05, 4.69) is 10.6 Å². The highest BCUT2D eigenvalue weighted by molar-refractivity contribution is 5.95. The number of benzene rings is 1. The average molecular weight is 264 g/mol. The smallest absolute Gasteiger partial charge is 0.339 e. The number of phenols is 1. The predicted octanol–water partition coefficient (Wildman–Crippen LogP) is 2.15. The largest absolute Gasteiger partial charge is 0.507 e. The van der Waals surface area contributed by atoms with E-state index in [9.17, 15) is 14.7 Å². The third kappa shape index (κ3) is 3.37. The van der Waals surface area contributed by atoms with Crippen LogP contribution in [0.5, 0.6) is 5.75 Å². The number of aromatic carboxylic acids is 1. The van der Waals surface area contributed by atoms with Gasteiger partial charge in [0, 0.05) is 11.7 Å². The number of amides is 2. The molecule has 0 unspecified atom stereocenters. The second-order valence-corrected chi connectivity index (χ2v) is 4.62. The van der Waals surface area contributed by atoms with Crippen molar-refractivity contribution in [1.29, 1.82) is 0 Å². The lowest BCUT2D eigenvalue weighted by atomic mass is 10.2. The minimum Gasteiger partial charge on any atom is -0.507 e. The van der Waals surface area contributed by atoms with Gasteiger partial charge in [-0.15, -0.1) is 0 Å². The number of carboxylic acid groups (broad SMARTS) is 1. The number of urea groups is 1. The number of carbonyl (C=O) groups excluding carboxylic acids is 1. The highest BCUT2D eigenvalue weighted by Gasteiger charge is 2.17. The predicted molar refractivity (Wildman–Crippen MR) is 69.5 cm³/mol. The summed E-state index contributed by atoms with van der Waals surface area (Å²) in [5, 5.41) is 23.6. The second kappa shape index (κ2) is 5.60. The van der Waals surface area contributed by atoms with Crippen LogP contribution in [0.2, 0.25) is 0 Å². The fourth-order valence-corrected chi connectivity index (χ4v) is 2.21.